The van der Waals surface area contributed by atoms with Gasteiger partial charge in [-0.3, -0.25) is 15.0 Å². The van der Waals surface area contributed by atoms with Gasteiger partial charge in [-0.05, 0) is 73.9 Å². The fourth-order valence-electron chi connectivity index (χ4n) is 11.6. The fraction of sp³-hybridized carbons (Fsp3) is 0.333. The highest BCUT2D eigenvalue weighted by molar-refractivity contribution is 9.11. The topological polar surface area (TPSA) is 288 Å². The molecule has 0 aliphatic carbocycles. The molecule has 24 nitrogen and oxygen atoms in total. The predicted octanol–water partition coefficient (Wildman–Crippen LogP) is 10.1. The van der Waals surface area contributed by atoms with Crippen molar-refractivity contribution >= 4 is 135 Å². The van der Waals surface area contributed by atoms with Crippen molar-refractivity contribution in [1.82, 2.24) is 61.6 Å². The number of amidine groups is 3. The van der Waals surface area contributed by atoms with Crippen LogP contribution in [0.15, 0.2) is 152 Å². The third-order valence-electron chi connectivity index (χ3n) is 15.6. The molecule has 6 aliphatic rings. The van der Waals surface area contributed by atoms with Gasteiger partial charge in [-0.1, -0.05) is 66.0 Å². The summed E-state index contributed by atoms with van der Waals surface area (Å²) in [6.45, 7) is 7.12. The third kappa shape index (κ3) is 15.5. The predicted molar refractivity (Wildman–Crippen MR) is 366 cm³/mol. The molecule has 6 aliphatic heterocycles. The van der Waals surface area contributed by atoms with Crippen molar-refractivity contribution in [2.45, 2.75) is 76.3 Å². The van der Waals surface area contributed by atoms with Crippen LogP contribution in [0.4, 0.5) is 27.6 Å². The lowest BCUT2D eigenvalue weighted by molar-refractivity contribution is -0.140. The van der Waals surface area contributed by atoms with E-state index in [1.807, 2.05) is 30.8 Å². The molecule has 6 N–H and O–H groups in total. The maximum atomic E-state index is 13.8. The van der Waals surface area contributed by atoms with E-state index in [1.54, 1.807) is 78.7 Å². The minimum atomic E-state index is -0.715. The number of thiazole rings is 3. The van der Waals surface area contributed by atoms with Gasteiger partial charge >= 0.3 is 36.0 Å². The van der Waals surface area contributed by atoms with E-state index < -0.39 is 53.5 Å². The van der Waals surface area contributed by atoms with Crippen LogP contribution in [0.2, 0.25) is 0 Å². The number of benzene rings is 3. The number of carbonyl (C=O) groups is 6. The molecule has 3 saturated heterocycles. The van der Waals surface area contributed by atoms with E-state index in [9.17, 15) is 41.9 Å². The van der Waals surface area contributed by atoms with Gasteiger partial charge in [0, 0.05) is 125 Å². The lowest BCUT2D eigenvalue weighted by Crippen LogP contribution is -2.43. The number of nitrogens with one attached hydrogen (secondary N) is 6. The van der Waals surface area contributed by atoms with Crippen LogP contribution in [-0.2, 0) is 28.6 Å². The first-order valence-corrected chi connectivity index (χ1v) is 35.0. The molecule has 6 atom stereocenters. The van der Waals surface area contributed by atoms with Gasteiger partial charge in [0.15, 0.2) is 32.5 Å². The van der Waals surface area contributed by atoms with Crippen LogP contribution < -0.4 is 31.9 Å². The monoisotopic (exact) mass is 1560 g/mol. The van der Waals surface area contributed by atoms with Crippen molar-refractivity contribution in [3.8, 4) is 0 Å². The minimum absolute atomic E-state index is 0.204. The van der Waals surface area contributed by atoms with Gasteiger partial charge in [0.1, 0.15) is 35.6 Å². The summed E-state index contributed by atoms with van der Waals surface area (Å²) in [6.07, 6.45) is 6.31. The molecule has 33 heteroatoms. The molecule has 6 aromatic rings. The van der Waals surface area contributed by atoms with Crippen molar-refractivity contribution in [3.05, 3.63) is 186 Å². The zero-order valence-corrected chi connectivity index (χ0v) is 59.4. The smallest absolute Gasteiger partial charge is 0.338 e. The number of amides is 6. The Labute approximate surface area is 586 Å². The van der Waals surface area contributed by atoms with E-state index in [1.165, 1.54) is 70.4 Å². The number of nitrogens with zero attached hydrogens (tertiary/aromatic N) is 9. The van der Waals surface area contributed by atoms with Crippen LogP contribution in [0.5, 0.6) is 0 Å². The molecule has 96 heavy (non-hydrogen) atoms. The first-order valence-electron chi connectivity index (χ1n) is 30.0. The number of halogens is 6. The minimum Gasteiger partial charge on any atom is -0.463 e. The Hall–Kier alpha value is -8.37. The highest BCUT2D eigenvalue weighted by atomic mass is 79.9. The summed E-state index contributed by atoms with van der Waals surface area (Å²) < 4.78 is 59.0. The molecule has 0 radical (unpaired) electrons. The van der Waals surface area contributed by atoms with E-state index in [4.69, 9.17) is 29.2 Å². The van der Waals surface area contributed by atoms with Gasteiger partial charge in [-0.15, -0.1) is 34.0 Å². The van der Waals surface area contributed by atoms with Gasteiger partial charge in [-0.25, -0.2) is 56.9 Å². The Morgan fingerprint density at radius 3 is 0.958 bits per heavy atom. The molecule has 0 bridgehead atoms. The summed E-state index contributed by atoms with van der Waals surface area (Å²) in [6, 6.07) is 9.09. The van der Waals surface area contributed by atoms with Gasteiger partial charge in [-0.2, -0.15) is 0 Å². The SMILES string of the molecule is CCOC(=O)C1=C2CC(NC(=O)NC)CN2C(c2nccs2)=N[C@H]1c1ccc(F)cc1Br.CCOC(=O)C1=C2C[C@@H](NC(=O)NC)CN2C(c2nccs2)=N[C@H]1c1ccc(F)cc1Br.CCOC(=O)C1=C2C[C@H](NC(=O)NC)CN2C(c2nccs2)=N[C@H]1c1ccc(F)cc1Br. The van der Waals surface area contributed by atoms with E-state index in [2.05, 4.69) is 94.6 Å². The number of aliphatic imine (C=N–C) groups is 3. The highest BCUT2D eigenvalue weighted by Crippen LogP contribution is 2.46. The molecule has 1 unspecified atom stereocenters. The molecule has 0 saturated carbocycles. The van der Waals surface area contributed by atoms with E-state index in [-0.39, 0.29) is 56.0 Å². The summed E-state index contributed by atoms with van der Waals surface area (Å²) in [5.41, 5.74) is 5.18. The Morgan fingerprint density at radius 1 is 0.469 bits per heavy atom. The molecular weight excluding hydrogens is 1500 g/mol. The Kier molecular flexibility index (Phi) is 23.2. The number of hydrogen-bond donors (Lipinski definition) is 6. The molecule has 504 valence electrons. The third-order valence-corrected chi connectivity index (χ3v) is 20.0. The van der Waals surface area contributed by atoms with E-state index >= 15 is 0 Å². The van der Waals surface area contributed by atoms with E-state index in [0.717, 1.165) is 0 Å². The van der Waals surface area contributed by atoms with Gasteiger partial charge in [0.05, 0.1) is 54.7 Å². The molecule has 3 fully saturated rings. The number of aromatic nitrogens is 3. The van der Waals surface area contributed by atoms with Crippen molar-refractivity contribution < 1.29 is 56.1 Å². The van der Waals surface area contributed by atoms with Crippen LogP contribution in [0.25, 0.3) is 0 Å². The summed E-state index contributed by atoms with van der Waals surface area (Å²) in [7, 11) is 4.64. The zero-order valence-electron chi connectivity index (χ0n) is 52.2. The largest absolute Gasteiger partial charge is 0.463 e. The van der Waals surface area contributed by atoms with Crippen LogP contribution in [-0.4, -0.2) is 162 Å². The number of fused-ring (bicyclic) bond motifs is 3. The highest BCUT2D eigenvalue weighted by Gasteiger charge is 2.46. The summed E-state index contributed by atoms with van der Waals surface area (Å²) >= 11 is 14.5. The van der Waals surface area contributed by atoms with Crippen LogP contribution in [0, 0.1) is 17.5 Å². The zero-order chi connectivity index (χ0) is 68.5. The number of ether oxygens (including phenoxy) is 3. The second-order valence-electron chi connectivity index (χ2n) is 21.5. The molecule has 0 spiro atoms. The number of rotatable bonds is 15. The van der Waals surface area contributed by atoms with Crippen molar-refractivity contribution in [2.75, 3.05) is 60.6 Å². The van der Waals surface area contributed by atoms with Crippen LogP contribution in [0.3, 0.4) is 0 Å². The summed E-state index contributed by atoms with van der Waals surface area (Å²) in [5.74, 6) is -0.861. The number of urea groups is 3. The quantitative estimate of drug-likeness (QED) is 0.0412. The normalized spacial score (nSPS) is 20.0. The molecule has 6 amide bonds. The van der Waals surface area contributed by atoms with Crippen molar-refractivity contribution in [1.29, 1.82) is 0 Å². The molecule has 12 rings (SSSR count). The van der Waals surface area contributed by atoms with E-state index in [0.29, 0.717) is 135 Å². The lowest BCUT2D eigenvalue weighted by Gasteiger charge is -2.31. The van der Waals surface area contributed by atoms with Gasteiger partial charge in [0.25, 0.3) is 0 Å². The van der Waals surface area contributed by atoms with Gasteiger partial charge < -0.3 is 60.8 Å². The first kappa shape index (κ1) is 70.4. The number of esters is 3. The average Bonchev–Trinajstić information content (AvgIpc) is 1.47. The standard InChI is InChI=1S/3C21H21BrFN5O3S/c3*1-3-31-20(29)16-15-9-12(26-21(30)24-2)10-28(15)18(19-25-6-7-32-19)27-17(16)13-5-4-11(23)8-14(13)22/h3*4-8,12,17H,3,9-10H2,1-2H3,(H2,24,26,30)/t12?,17-;12-,17+;12-,17-/m010/s1. The Balaban J connectivity index is 0.000000157. The maximum absolute atomic E-state index is 13.8. The maximum Gasteiger partial charge on any atom is 0.338 e. The van der Waals surface area contributed by atoms with Gasteiger partial charge in [0.2, 0.25) is 0 Å². The van der Waals surface area contributed by atoms with Crippen molar-refractivity contribution in [2.24, 2.45) is 15.0 Å². The average molecular weight is 1570 g/mol. The molecule has 3 aromatic heterocycles. The Morgan fingerprint density at radius 2 is 0.740 bits per heavy atom. The second-order valence-corrected chi connectivity index (χ2v) is 26.8. The summed E-state index contributed by atoms with van der Waals surface area (Å²) in [5, 5.41) is 24.0. The summed E-state index contributed by atoms with van der Waals surface area (Å²) in [4.78, 5) is 109. The van der Waals surface area contributed by atoms with Crippen LogP contribution >= 0.6 is 81.8 Å². The molecule has 9 heterocycles. The van der Waals surface area contributed by atoms with Crippen LogP contribution in [0.1, 0.15) is 89.9 Å². The Bertz CT molecular complexity index is 3730. The second kappa shape index (κ2) is 31.7. The molecular formula is C63H63Br3F3N15O9S3. The lowest BCUT2D eigenvalue weighted by atomic mass is 9.94. The van der Waals surface area contributed by atoms with Crippen molar-refractivity contribution in [3.63, 3.8) is 0 Å². The first-order chi connectivity index (χ1) is 46.3. The number of carbonyl (C=O) groups excluding carboxylic acids is 6. The number of hydrogen-bond acceptors (Lipinski definition) is 21. The molecule has 3 aromatic carbocycles. The fourth-order valence-corrected chi connectivity index (χ4v) is 15.2.